The zero-order valence-electron chi connectivity index (χ0n) is 19.7. The van der Waals surface area contributed by atoms with Crippen LogP contribution >= 0.6 is 0 Å². The summed E-state index contributed by atoms with van der Waals surface area (Å²) in [5.41, 5.74) is 10.6. The second-order valence-electron chi connectivity index (χ2n) is 8.98. The second-order valence-corrected chi connectivity index (χ2v) is 8.98. The van der Waals surface area contributed by atoms with Crippen LogP contribution < -0.4 is 20.3 Å². The molecule has 0 spiro atoms. The molecule has 0 radical (unpaired) electrons. The van der Waals surface area contributed by atoms with E-state index in [0.717, 1.165) is 54.2 Å². The number of piperazine rings is 1. The molecule has 1 aliphatic rings. The number of furan rings is 1. The van der Waals surface area contributed by atoms with Crippen LogP contribution in [0.15, 0.2) is 77.3 Å². The van der Waals surface area contributed by atoms with Crippen LogP contribution in [0.3, 0.4) is 0 Å². The molecule has 1 fully saturated rings. The highest BCUT2D eigenvalue weighted by Crippen LogP contribution is 2.35. The molecule has 1 saturated heterocycles. The van der Waals surface area contributed by atoms with Crippen molar-refractivity contribution in [1.29, 1.82) is 0 Å². The van der Waals surface area contributed by atoms with Crippen molar-refractivity contribution in [3.8, 4) is 17.3 Å². The summed E-state index contributed by atoms with van der Waals surface area (Å²) in [4.78, 5) is 9.37. The zero-order chi connectivity index (χ0) is 23.8. The molecule has 0 aliphatic carbocycles. The predicted octanol–water partition coefficient (Wildman–Crippen LogP) is 4.20. The van der Waals surface area contributed by atoms with Crippen LogP contribution in [-0.2, 0) is 0 Å². The van der Waals surface area contributed by atoms with Crippen molar-refractivity contribution in [2.75, 3.05) is 42.6 Å². The molecule has 1 aliphatic heterocycles. The lowest BCUT2D eigenvalue weighted by Gasteiger charge is -2.37. The Morgan fingerprint density at radius 3 is 2.57 bits per heavy atom. The Kier molecular flexibility index (Phi) is 5.50. The van der Waals surface area contributed by atoms with Gasteiger partial charge in [-0.15, -0.1) is 5.10 Å². The second kappa shape index (κ2) is 8.96. The van der Waals surface area contributed by atoms with Crippen molar-refractivity contribution in [2.45, 2.75) is 13.0 Å². The van der Waals surface area contributed by atoms with E-state index in [-0.39, 0.29) is 6.04 Å². The number of hydrogen-bond acceptors (Lipinski definition) is 7. The maximum absolute atomic E-state index is 6.28. The Hall–Kier alpha value is -4.04. The van der Waals surface area contributed by atoms with Gasteiger partial charge in [0, 0.05) is 55.0 Å². The number of nitrogens with zero attached hydrogens (tertiary/aromatic N) is 5. The molecular weight excluding hydrogens is 440 g/mol. The fraction of sp³-hybridized carbons (Fsp3) is 0.259. The lowest BCUT2D eigenvalue weighted by molar-refractivity contribution is 0.281. The third kappa shape index (κ3) is 4.17. The van der Waals surface area contributed by atoms with Gasteiger partial charge in [-0.05, 0) is 43.3 Å². The molecule has 6 rings (SSSR count). The third-order valence-electron chi connectivity index (χ3n) is 6.36. The normalized spacial score (nSPS) is 15.1. The van der Waals surface area contributed by atoms with Gasteiger partial charge in [-0.1, -0.05) is 24.3 Å². The van der Waals surface area contributed by atoms with E-state index in [1.54, 1.807) is 16.8 Å². The number of rotatable bonds is 6. The number of para-hydroxylation sites is 1. The van der Waals surface area contributed by atoms with E-state index in [9.17, 15) is 0 Å². The highest BCUT2D eigenvalue weighted by Gasteiger charge is 2.21. The van der Waals surface area contributed by atoms with Gasteiger partial charge in [-0.3, -0.25) is 0 Å². The lowest BCUT2D eigenvalue weighted by atomic mass is 10.1. The molecule has 1 unspecified atom stereocenters. The standard InChI is InChI=1S/C27H28N6O2/c1-19(28)18-34-27-11-10-26-29-17-23(33(26)30-27)25-16-21-22(8-5-9-24(21)35-25)32-14-12-31(13-15-32)20-6-3-2-4-7-20/h2-11,16-17,19H,12-15,18,28H2,1H3. The van der Waals surface area contributed by atoms with Gasteiger partial charge in [0.2, 0.25) is 5.88 Å². The minimum absolute atomic E-state index is 0.0712. The summed E-state index contributed by atoms with van der Waals surface area (Å²) in [6.45, 7) is 6.15. The van der Waals surface area contributed by atoms with E-state index in [1.165, 1.54) is 11.4 Å². The Bertz CT molecular complexity index is 1450. The minimum atomic E-state index is -0.0712. The molecule has 35 heavy (non-hydrogen) atoms. The quantitative estimate of drug-likeness (QED) is 0.400. The van der Waals surface area contributed by atoms with Crippen LogP contribution in [0.4, 0.5) is 11.4 Å². The number of aromatic nitrogens is 3. The number of anilines is 2. The van der Waals surface area contributed by atoms with E-state index in [2.05, 4.69) is 68.4 Å². The van der Waals surface area contributed by atoms with Crippen molar-refractivity contribution in [3.05, 3.63) is 72.9 Å². The molecule has 2 aromatic carbocycles. The smallest absolute Gasteiger partial charge is 0.231 e. The van der Waals surface area contributed by atoms with E-state index >= 15 is 0 Å². The molecule has 8 nitrogen and oxygen atoms in total. The molecular formula is C27H28N6O2. The maximum Gasteiger partial charge on any atom is 0.231 e. The molecule has 5 aromatic rings. The summed E-state index contributed by atoms with van der Waals surface area (Å²) in [5.74, 6) is 1.22. The van der Waals surface area contributed by atoms with E-state index in [0.29, 0.717) is 12.5 Å². The summed E-state index contributed by atoms with van der Waals surface area (Å²) in [5, 5.41) is 5.70. The molecule has 2 N–H and O–H groups in total. The topological polar surface area (TPSA) is 85.1 Å². The fourth-order valence-electron chi connectivity index (χ4n) is 4.61. The zero-order valence-corrected chi connectivity index (χ0v) is 19.7. The number of ether oxygens (including phenoxy) is 1. The van der Waals surface area contributed by atoms with Crippen LogP contribution in [0.5, 0.6) is 5.88 Å². The number of fused-ring (bicyclic) bond motifs is 2. The van der Waals surface area contributed by atoms with Gasteiger partial charge in [0.25, 0.3) is 0 Å². The van der Waals surface area contributed by atoms with Crippen LogP contribution in [0.1, 0.15) is 6.92 Å². The molecule has 178 valence electrons. The average Bonchev–Trinajstić information content (AvgIpc) is 3.52. The number of nitrogens with two attached hydrogens (primary N) is 1. The van der Waals surface area contributed by atoms with Gasteiger partial charge in [0.05, 0.1) is 6.20 Å². The molecule has 0 saturated carbocycles. The van der Waals surface area contributed by atoms with Gasteiger partial charge in [-0.25, -0.2) is 9.50 Å². The summed E-state index contributed by atoms with van der Waals surface area (Å²) in [7, 11) is 0. The van der Waals surface area contributed by atoms with Crippen molar-refractivity contribution < 1.29 is 9.15 Å². The van der Waals surface area contributed by atoms with Crippen LogP contribution in [0.25, 0.3) is 28.1 Å². The predicted molar refractivity (Wildman–Crippen MR) is 138 cm³/mol. The lowest BCUT2D eigenvalue weighted by Crippen LogP contribution is -2.46. The first-order valence-corrected chi connectivity index (χ1v) is 12.0. The third-order valence-corrected chi connectivity index (χ3v) is 6.36. The first-order valence-electron chi connectivity index (χ1n) is 12.0. The Balaban J connectivity index is 1.29. The van der Waals surface area contributed by atoms with Crippen LogP contribution in [-0.4, -0.2) is 53.4 Å². The molecule has 0 bridgehead atoms. The van der Waals surface area contributed by atoms with Crippen LogP contribution in [0.2, 0.25) is 0 Å². The first-order chi connectivity index (χ1) is 17.2. The first kappa shape index (κ1) is 21.5. The van der Waals surface area contributed by atoms with E-state index in [1.807, 2.05) is 19.1 Å². The van der Waals surface area contributed by atoms with Gasteiger partial charge in [0.1, 0.15) is 17.9 Å². The summed E-state index contributed by atoms with van der Waals surface area (Å²) in [6.07, 6.45) is 1.79. The summed E-state index contributed by atoms with van der Waals surface area (Å²) < 4.78 is 13.7. The maximum atomic E-state index is 6.28. The van der Waals surface area contributed by atoms with Crippen molar-refractivity contribution in [3.63, 3.8) is 0 Å². The molecule has 0 amide bonds. The largest absolute Gasteiger partial charge is 0.475 e. The summed E-state index contributed by atoms with van der Waals surface area (Å²) >= 11 is 0. The van der Waals surface area contributed by atoms with E-state index in [4.69, 9.17) is 14.9 Å². The van der Waals surface area contributed by atoms with Crippen molar-refractivity contribution in [2.24, 2.45) is 5.73 Å². The average molecular weight is 469 g/mol. The van der Waals surface area contributed by atoms with Gasteiger partial charge in [-0.2, -0.15) is 0 Å². The van der Waals surface area contributed by atoms with Gasteiger partial charge in [0.15, 0.2) is 11.4 Å². The Morgan fingerprint density at radius 2 is 1.77 bits per heavy atom. The van der Waals surface area contributed by atoms with Gasteiger partial charge < -0.3 is 24.7 Å². The Morgan fingerprint density at radius 1 is 0.971 bits per heavy atom. The molecule has 8 heteroatoms. The monoisotopic (exact) mass is 468 g/mol. The SMILES string of the molecule is CC(N)COc1ccc2ncc(-c3cc4c(N5CCN(c6ccccc6)CC5)cccc4o3)n2n1. The van der Waals surface area contributed by atoms with Crippen molar-refractivity contribution in [1.82, 2.24) is 14.6 Å². The van der Waals surface area contributed by atoms with Gasteiger partial charge >= 0.3 is 0 Å². The highest BCUT2D eigenvalue weighted by atomic mass is 16.5. The van der Waals surface area contributed by atoms with E-state index < -0.39 is 0 Å². The Labute approximate surface area is 203 Å². The number of hydrogen-bond donors (Lipinski definition) is 1. The minimum Gasteiger partial charge on any atom is -0.475 e. The summed E-state index contributed by atoms with van der Waals surface area (Å²) in [6, 6.07) is 22.6. The highest BCUT2D eigenvalue weighted by molar-refractivity contribution is 5.94. The van der Waals surface area contributed by atoms with Crippen LogP contribution in [0, 0.1) is 0 Å². The molecule has 4 heterocycles. The number of benzene rings is 2. The molecule has 3 aromatic heterocycles. The number of imidazole rings is 1. The molecule has 1 atom stereocenters. The fourth-order valence-corrected chi connectivity index (χ4v) is 4.61. The van der Waals surface area contributed by atoms with Crippen molar-refractivity contribution >= 4 is 28.0 Å².